The molecule has 0 amide bonds. The van der Waals surface area contributed by atoms with Crippen LogP contribution in [0.1, 0.15) is 37.5 Å². The van der Waals surface area contributed by atoms with E-state index in [-0.39, 0.29) is 5.41 Å². The average molecular weight is 215 g/mol. The second-order valence-electron chi connectivity index (χ2n) is 5.64. The van der Waals surface area contributed by atoms with Gasteiger partial charge in [0, 0.05) is 24.2 Å². The molecule has 1 aromatic carbocycles. The number of benzene rings is 1. The third-order valence-electron chi connectivity index (χ3n) is 3.48. The van der Waals surface area contributed by atoms with Crippen LogP contribution >= 0.6 is 0 Å². The summed E-state index contributed by atoms with van der Waals surface area (Å²) in [6, 6.07) is 6.82. The lowest BCUT2D eigenvalue weighted by Crippen LogP contribution is -2.40. The molecule has 0 saturated carbocycles. The lowest BCUT2D eigenvalue weighted by molar-refractivity contribution is 0.245. The first kappa shape index (κ1) is 11.3. The zero-order chi connectivity index (χ0) is 11.9. The van der Waals surface area contributed by atoms with Crippen LogP contribution in [0.2, 0.25) is 0 Å². The van der Waals surface area contributed by atoms with Gasteiger partial charge in [0.15, 0.2) is 0 Å². The van der Waals surface area contributed by atoms with Crippen LogP contribution in [0.15, 0.2) is 30.5 Å². The van der Waals surface area contributed by atoms with Gasteiger partial charge in [-0.2, -0.15) is 0 Å². The van der Waals surface area contributed by atoms with Crippen LogP contribution in [0.3, 0.4) is 0 Å². The summed E-state index contributed by atoms with van der Waals surface area (Å²) in [4.78, 5) is 2.38. The maximum absolute atomic E-state index is 4.07. The van der Waals surface area contributed by atoms with E-state index < -0.39 is 0 Å². The second kappa shape index (κ2) is 3.65. The number of allylic oxidation sites excluding steroid dienone is 1. The van der Waals surface area contributed by atoms with Gasteiger partial charge in [0.1, 0.15) is 0 Å². The standard InChI is InChI=1S/C15H21N/c1-11(2)16-9-13-8-12(3)6-7-14(13)15(4,5)10-16/h6-8H,1,9-10H2,2-5H3. The third kappa shape index (κ3) is 1.87. The molecule has 86 valence electrons. The molecule has 0 aromatic heterocycles. The topological polar surface area (TPSA) is 3.24 Å². The van der Waals surface area contributed by atoms with E-state index in [4.69, 9.17) is 0 Å². The Bertz CT molecular complexity index is 429. The summed E-state index contributed by atoms with van der Waals surface area (Å²) < 4.78 is 0. The molecule has 0 saturated heterocycles. The van der Waals surface area contributed by atoms with Gasteiger partial charge in [-0.3, -0.25) is 0 Å². The van der Waals surface area contributed by atoms with Crippen LogP contribution in [-0.2, 0) is 12.0 Å². The van der Waals surface area contributed by atoms with Crippen molar-refractivity contribution in [1.29, 1.82) is 0 Å². The van der Waals surface area contributed by atoms with E-state index in [2.05, 4.69) is 57.4 Å². The summed E-state index contributed by atoms with van der Waals surface area (Å²) in [5, 5.41) is 0. The molecule has 0 N–H and O–H groups in total. The summed E-state index contributed by atoms with van der Waals surface area (Å²) in [6.07, 6.45) is 0. The highest BCUT2D eigenvalue weighted by Crippen LogP contribution is 2.34. The lowest BCUT2D eigenvalue weighted by atomic mass is 9.78. The molecule has 16 heavy (non-hydrogen) atoms. The number of nitrogens with zero attached hydrogens (tertiary/aromatic N) is 1. The van der Waals surface area contributed by atoms with Crippen LogP contribution in [0, 0.1) is 6.92 Å². The molecule has 2 rings (SSSR count). The van der Waals surface area contributed by atoms with E-state index >= 15 is 0 Å². The number of rotatable bonds is 1. The minimum Gasteiger partial charge on any atom is -0.370 e. The van der Waals surface area contributed by atoms with Crippen molar-refractivity contribution in [2.45, 2.75) is 39.7 Å². The fraction of sp³-hybridized carbons (Fsp3) is 0.467. The fourth-order valence-electron chi connectivity index (χ4n) is 2.61. The molecular weight excluding hydrogens is 194 g/mol. The Labute approximate surface area is 98.8 Å². The Hall–Kier alpha value is -1.24. The van der Waals surface area contributed by atoms with Gasteiger partial charge in [-0.25, -0.2) is 0 Å². The normalized spacial score (nSPS) is 18.1. The largest absolute Gasteiger partial charge is 0.370 e. The SMILES string of the molecule is C=C(C)N1Cc2cc(C)ccc2C(C)(C)C1. The maximum atomic E-state index is 4.07. The fourth-order valence-corrected chi connectivity index (χ4v) is 2.61. The van der Waals surface area contributed by atoms with Gasteiger partial charge in [-0.1, -0.05) is 44.2 Å². The van der Waals surface area contributed by atoms with Gasteiger partial charge in [0.2, 0.25) is 0 Å². The summed E-state index contributed by atoms with van der Waals surface area (Å²) in [7, 11) is 0. The minimum absolute atomic E-state index is 0.222. The Balaban J connectivity index is 2.47. The number of aryl methyl sites for hydroxylation is 1. The van der Waals surface area contributed by atoms with Crippen LogP contribution in [0.5, 0.6) is 0 Å². The van der Waals surface area contributed by atoms with Crippen molar-refractivity contribution in [1.82, 2.24) is 4.90 Å². The molecule has 0 bridgehead atoms. The van der Waals surface area contributed by atoms with Crippen molar-refractivity contribution in [3.63, 3.8) is 0 Å². The van der Waals surface area contributed by atoms with E-state index in [1.165, 1.54) is 22.4 Å². The van der Waals surface area contributed by atoms with Gasteiger partial charge in [-0.15, -0.1) is 0 Å². The van der Waals surface area contributed by atoms with Crippen LogP contribution < -0.4 is 0 Å². The second-order valence-corrected chi connectivity index (χ2v) is 5.64. The molecule has 0 unspecified atom stereocenters. The summed E-state index contributed by atoms with van der Waals surface area (Å²) >= 11 is 0. The van der Waals surface area contributed by atoms with E-state index in [0.717, 1.165) is 13.1 Å². The van der Waals surface area contributed by atoms with E-state index in [9.17, 15) is 0 Å². The molecule has 1 heteroatoms. The highest BCUT2D eigenvalue weighted by atomic mass is 15.1. The third-order valence-corrected chi connectivity index (χ3v) is 3.48. The number of fused-ring (bicyclic) bond motifs is 1. The highest BCUT2D eigenvalue weighted by Gasteiger charge is 2.31. The van der Waals surface area contributed by atoms with E-state index in [0.29, 0.717) is 0 Å². The van der Waals surface area contributed by atoms with E-state index in [1.54, 1.807) is 0 Å². The highest BCUT2D eigenvalue weighted by molar-refractivity contribution is 5.39. The zero-order valence-corrected chi connectivity index (χ0v) is 10.8. The zero-order valence-electron chi connectivity index (χ0n) is 10.8. The quantitative estimate of drug-likeness (QED) is 0.691. The summed E-state index contributed by atoms with van der Waals surface area (Å²) in [5.41, 5.74) is 5.69. The Morgan fingerprint density at radius 3 is 2.69 bits per heavy atom. The molecular formula is C15H21N. The minimum atomic E-state index is 0.222. The Kier molecular flexibility index (Phi) is 2.57. The molecule has 1 nitrogen and oxygen atoms in total. The number of hydrogen-bond donors (Lipinski definition) is 0. The van der Waals surface area contributed by atoms with Crippen LogP contribution in [0.25, 0.3) is 0 Å². The molecule has 0 spiro atoms. The molecule has 0 fully saturated rings. The first-order valence-electron chi connectivity index (χ1n) is 5.90. The van der Waals surface area contributed by atoms with Crippen molar-refractivity contribution in [2.75, 3.05) is 6.54 Å². The van der Waals surface area contributed by atoms with Gasteiger partial charge < -0.3 is 4.90 Å². The predicted molar refractivity (Wildman–Crippen MR) is 69.4 cm³/mol. The van der Waals surface area contributed by atoms with Gasteiger partial charge >= 0.3 is 0 Å². The van der Waals surface area contributed by atoms with Crippen molar-refractivity contribution >= 4 is 0 Å². The first-order chi connectivity index (χ1) is 7.40. The van der Waals surface area contributed by atoms with Crippen LogP contribution in [0.4, 0.5) is 0 Å². The molecule has 0 atom stereocenters. The monoisotopic (exact) mass is 215 g/mol. The Morgan fingerprint density at radius 2 is 2.06 bits per heavy atom. The first-order valence-corrected chi connectivity index (χ1v) is 5.90. The molecule has 1 aromatic rings. The summed E-state index contributed by atoms with van der Waals surface area (Å²) in [6.45, 7) is 15.0. The van der Waals surface area contributed by atoms with Crippen molar-refractivity contribution in [3.8, 4) is 0 Å². The molecule has 1 heterocycles. The van der Waals surface area contributed by atoms with Crippen molar-refractivity contribution in [2.24, 2.45) is 0 Å². The van der Waals surface area contributed by atoms with Crippen molar-refractivity contribution < 1.29 is 0 Å². The van der Waals surface area contributed by atoms with Gasteiger partial charge in [0.05, 0.1) is 0 Å². The Morgan fingerprint density at radius 1 is 1.38 bits per heavy atom. The summed E-state index contributed by atoms with van der Waals surface area (Å²) in [5.74, 6) is 0. The molecule has 0 aliphatic carbocycles. The predicted octanol–water partition coefficient (Wildman–Crippen LogP) is 3.62. The van der Waals surface area contributed by atoms with Gasteiger partial charge in [-0.05, 0) is 25.0 Å². The smallest absolute Gasteiger partial charge is 0.0429 e. The van der Waals surface area contributed by atoms with Gasteiger partial charge in [0.25, 0.3) is 0 Å². The van der Waals surface area contributed by atoms with Crippen LogP contribution in [-0.4, -0.2) is 11.4 Å². The molecule has 1 aliphatic heterocycles. The average Bonchev–Trinajstić information content (AvgIpc) is 2.15. The maximum Gasteiger partial charge on any atom is 0.0429 e. The number of hydrogen-bond acceptors (Lipinski definition) is 1. The van der Waals surface area contributed by atoms with E-state index in [1.807, 2.05) is 0 Å². The molecule has 1 aliphatic rings. The lowest BCUT2D eigenvalue weighted by Gasteiger charge is -2.41. The van der Waals surface area contributed by atoms with Crippen molar-refractivity contribution in [3.05, 3.63) is 47.2 Å². The molecule has 0 radical (unpaired) electrons.